The van der Waals surface area contributed by atoms with E-state index in [0.29, 0.717) is 0 Å². The molecule has 3 fully saturated rings. The number of nitrogens with zero attached hydrogens (tertiary/aromatic N) is 1. The van der Waals surface area contributed by atoms with Crippen LogP contribution >= 0.6 is 0 Å². The van der Waals surface area contributed by atoms with Crippen molar-refractivity contribution in [3.8, 4) is 0 Å². The first-order valence-electron chi connectivity index (χ1n) is 7.65. The second-order valence-corrected chi connectivity index (χ2v) is 6.81. The lowest BCUT2D eigenvalue weighted by Crippen LogP contribution is -2.14. The van der Waals surface area contributed by atoms with Crippen LogP contribution in [0.25, 0.3) is 0 Å². The minimum absolute atomic E-state index is 0.767. The number of aryl methyl sites for hydroxylation is 2. The molecule has 4 aliphatic carbocycles. The monoisotopic (exact) mass is 240 g/mol. The normalized spacial score (nSPS) is 42.8. The number of pyridine rings is 1. The predicted molar refractivity (Wildman–Crippen MR) is 71.5 cm³/mol. The highest BCUT2D eigenvalue weighted by Crippen LogP contribution is 2.66. The maximum absolute atomic E-state index is 4.82. The Morgan fingerprint density at radius 1 is 1.06 bits per heavy atom. The summed E-state index contributed by atoms with van der Waals surface area (Å²) in [6, 6.07) is 5.27. The summed E-state index contributed by atoms with van der Waals surface area (Å²) in [5.74, 6) is 5.24. The average molecular weight is 240 g/mol. The van der Waals surface area contributed by atoms with E-state index < -0.39 is 0 Å². The van der Waals surface area contributed by atoms with E-state index in [4.69, 9.17) is 4.98 Å². The first-order valence-corrected chi connectivity index (χ1v) is 7.65. The Morgan fingerprint density at radius 2 is 1.89 bits per heavy atom. The largest absolute Gasteiger partial charge is 0.367 e. The van der Waals surface area contributed by atoms with Gasteiger partial charge in [0.25, 0.3) is 0 Å². The van der Waals surface area contributed by atoms with Crippen molar-refractivity contribution in [1.82, 2.24) is 4.98 Å². The van der Waals surface area contributed by atoms with E-state index in [1.54, 1.807) is 0 Å². The molecule has 0 spiro atoms. The molecule has 0 aliphatic heterocycles. The van der Waals surface area contributed by atoms with Crippen LogP contribution in [0.5, 0.6) is 0 Å². The number of hydrogen-bond acceptors (Lipinski definition) is 2. The van der Waals surface area contributed by atoms with Gasteiger partial charge >= 0.3 is 0 Å². The lowest BCUT2D eigenvalue weighted by atomic mass is 10.0. The quantitative estimate of drug-likeness (QED) is 0.859. The second-order valence-electron chi connectivity index (χ2n) is 6.81. The summed E-state index contributed by atoms with van der Waals surface area (Å²) in [6.07, 6.45) is 8.26. The van der Waals surface area contributed by atoms with Crippen LogP contribution in [0.15, 0.2) is 12.1 Å². The zero-order valence-electron chi connectivity index (χ0n) is 10.7. The van der Waals surface area contributed by atoms with Gasteiger partial charge in [-0.3, -0.25) is 0 Å². The van der Waals surface area contributed by atoms with Gasteiger partial charge in [0.05, 0.1) is 0 Å². The third kappa shape index (κ3) is 1.21. The molecule has 0 aromatic carbocycles. The summed E-state index contributed by atoms with van der Waals surface area (Å²) in [5, 5.41) is 3.74. The summed E-state index contributed by atoms with van der Waals surface area (Å²) >= 11 is 0. The molecular weight excluding hydrogens is 220 g/mol. The lowest BCUT2D eigenvalue weighted by Gasteiger charge is -2.12. The van der Waals surface area contributed by atoms with Gasteiger partial charge in [0.1, 0.15) is 5.82 Å². The number of nitrogens with one attached hydrogen (secondary N) is 1. The molecule has 3 saturated carbocycles. The van der Waals surface area contributed by atoms with Gasteiger partial charge in [-0.2, -0.15) is 0 Å². The maximum Gasteiger partial charge on any atom is 0.126 e. The molecule has 0 saturated heterocycles. The molecule has 18 heavy (non-hydrogen) atoms. The minimum Gasteiger partial charge on any atom is -0.367 e. The number of hydrogen-bond donors (Lipinski definition) is 1. The van der Waals surface area contributed by atoms with Crippen molar-refractivity contribution in [3.63, 3.8) is 0 Å². The standard InChI is InChI=1S/C16H20N2/c1-2-9-6-7-13(17-12(9)3-1)18-16-14-10-4-5-11(8-10)15(14)16/h6-7,10-11,14-16H,1-5,8H2,(H,17,18). The third-order valence-electron chi connectivity index (χ3n) is 5.98. The van der Waals surface area contributed by atoms with Crippen LogP contribution in [0.4, 0.5) is 5.82 Å². The molecular formula is C16H20N2. The average Bonchev–Trinajstić information content (AvgIpc) is 2.83. The Morgan fingerprint density at radius 3 is 2.72 bits per heavy atom. The van der Waals surface area contributed by atoms with Gasteiger partial charge in [-0.1, -0.05) is 6.07 Å². The van der Waals surface area contributed by atoms with E-state index in [-0.39, 0.29) is 0 Å². The molecule has 1 heterocycles. The Balaban J connectivity index is 1.36. The smallest absolute Gasteiger partial charge is 0.126 e. The topological polar surface area (TPSA) is 24.9 Å². The molecule has 94 valence electrons. The van der Waals surface area contributed by atoms with E-state index >= 15 is 0 Å². The molecule has 4 aliphatic rings. The highest BCUT2D eigenvalue weighted by Gasteiger charge is 2.65. The zero-order chi connectivity index (χ0) is 11.7. The van der Waals surface area contributed by atoms with Crippen molar-refractivity contribution in [3.05, 3.63) is 23.4 Å². The van der Waals surface area contributed by atoms with Crippen LogP contribution in [0.3, 0.4) is 0 Å². The van der Waals surface area contributed by atoms with Crippen molar-refractivity contribution >= 4 is 5.82 Å². The summed E-state index contributed by atoms with van der Waals surface area (Å²) in [6.45, 7) is 0. The molecule has 2 bridgehead atoms. The van der Waals surface area contributed by atoms with E-state index in [9.17, 15) is 0 Å². The molecule has 0 radical (unpaired) electrons. The van der Waals surface area contributed by atoms with Crippen molar-refractivity contribution in [2.75, 3.05) is 5.32 Å². The van der Waals surface area contributed by atoms with E-state index in [1.807, 2.05) is 0 Å². The fraction of sp³-hybridized carbons (Fsp3) is 0.688. The molecule has 2 nitrogen and oxygen atoms in total. The van der Waals surface area contributed by atoms with Crippen molar-refractivity contribution in [2.45, 2.75) is 44.6 Å². The van der Waals surface area contributed by atoms with Crippen LogP contribution in [-0.4, -0.2) is 11.0 Å². The van der Waals surface area contributed by atoms with Gasteiger partial charge < -0.3 is 5.32 Å². The van der Waals surface area contributed by atoms with Crippen molar-refractivity contribution < 1.29 is 0 Å². The number of rotatable bonds is 2. The summed E-state index contributed by atoms with van der Waals surface area (Å²) < 4.78 is 0. The van der Waals surface area contributed by atoms with E-state index in [1.165, 1.54) is 49.8 Å². The maximum atomic E-state index is 4.82. The minimum atomic E-state index is 0.767. The predicted octanol–water partition coefficient (Wildman–Crippen LogP) is 3.03. The Hall–Kier alpha value is -1.05. The van der Waals surface area contributed by atoms with Crippen LogP contribution < -0.4 is 5.32 Å². The molecule has 4 unspecified atom stereocenters. The van der Waals surface area contributed by atoms with Crippen LogP contribution in [0.1, 0.15) is 36.9 Å². The summed E-state index contributed by atoms with van der Waals surface area (Å²) in [4.78, 5) is 4.82. The van der Waals surface area contributed by atoms with Crippen LogP contribution in [0.2, 0.25) is 0 Å². The number of fused-ring (bicyclic) bond motifs is 6. The van der Waals surface area contributed by atoms with Crippen molar-refractivity contribution in [2.24, 2.45) is 23.7 Å². The van der Waals surface area contributed by atoms with E-state index in [2.05, 4.69) is 17.4 Å². The molecule has 1 aromatic heterocycles. The van der Waals surface area contributed by atoms with E-state index in [0.717, 1.165) is 35.5 Å². The van der Waals surface area contributed by atoms with Gasteiger partial charge in [-0.15, -0.1) is 0 Å². The fourth-order valence-corrected chi connectivity index (χ4v) is 5.19. The fourth-order valence-electron chi connectivity index (χ4n) is 5.19. The highest BCUT2D eigenvalue weighted by atomic mass is 15.1. The highest BCUT2D eigenvalue weighted by molar-refractivity contribution is 5.44. The number of anilines is 1. The molecule has 1 N–H and O–H groups in total. The van der Waals surface area contributed by atoms with Gasteiger partial charge in [0, 0.05) is 11.7 Å². The number of aromatic nitrogens is 1. The first kappa shape index (κ1) is 9.82. The third-order valence-corrected chi connectivity index (χ3v) is 5.98. The Labute approximate surface area is 108 Å². The first-order chi connectivity index (χ1) is 8.90. The molecule has 5 rings (SSSR count). The molecule has 1 aromatic rings. The lowest BCUT2D eigenvalue weighted by molar-refractivity contribution is 0.456. The Bertz CT molecular complexity index is 494. The van der Waals surface area contributed by atoms with Gasteiger partial charge in [-0.05, 0) is 73.8 Å². The Kier molecular flexibility index (Phi) is 1.79. The summed E-state index contributed by atoms with van der Waals surface area (Å²) in [7, 11) is 0. The molecule has 4 atom stereocenters. The summed E-state index contributed by atoms with van der Waals surface area (Å²) in [5.41, 5.74) is 2.84. The van der Waals surface area contributed by atoms with Gasteiger partial charge in [0.15, 0.2) is 0 Å². The second kappa shape index (κ2) is 3.28. The van der Waals surface area contributed by atoms with Gasteiger partial charge in [-0.25, -0.2) is 4.98 Å². The van der Waals surface area contributed by atoms with Gasteiger partial charge in [0.2, 0.25) is 0 Å². The SMILES string of the molecule is c1cc2c(nc1NC1C3C4CCC(C4)C13)CCC2. The van der Waals surface area contributed by atoms with Crippen molar-refractivity contribution in [1.29, 1.82) is 0 Å². The van der Waals surface area contributed by atoms with Crippen LogP contribution in [-0.2, 0) is 12.8 Å². The zero-order valence-corrected chi connectivity index (χ0v) is 10.7. The molecule has 2 heteroatoms. The molecule has 0 amide bonds. The van der Waals surface area contributed by atoms with Crippen LogP contribution in [0, 0.1) is 23.7 Å².